The van der Waals surface area contributed by atoms with Crippen molar-refractivity contribution in [1.82, 2.24) is 15.2 Å². The quantitative estimate of drug-likeness (QED) is 0.832. The number of H-pyrrole nitrogens is 1. The predicted octanol–water partition coefficient (Wildman–Crippen LogP) is 3.37. The predicted molar refractivity (Wildman–Crippen MR) is 95.6 cm³/mol. The molecule has 4 rings (SSSR count). The van der Waals surface area contributed by atoms with E-state index < -0.39 is 0 Å². The van der Waals surface area contributed by atoms with Gasteiger partial charge in [-0.25, -0.2) is 0 Å². The number of hydrogen-bond donors (Lipinski definition) is 2. The van der Waals surface area contributed by atoms with Gasteiger partial charge in [0.25, 0.3) is 11.8 Å². The van der Waals surface area contributed by atoms with E-state index in [-0.39, 0.29) is 17.9 Å². The first-order valence-electron chi connectivity index (χ1n) is 8.65. The van der Waals surface area contributed by atoms with Crippen molar-refractivity contribution in [3.05, 3.63) is 58.4 Å². The summed E-state index contributed by atoms with van der Waals surface area (Å²) in [6, 6.07) is 9.79. The van der Waals surface area contributed by atoms with Crippen molar-refractivity contribution >= 4 is 23.4 Å². The van der Waals surface area contributed by atoms with Gasteiger partial charge in [-0.2, -0.15) is 0 Å². The van der Waals surface area contributed by atoms with Crippen molar-refractivity contribution in [1.29, 1.82) is 0 Å². The summed E-state index contributed by atoms with van der Waals surface area (Å²) in [5.41, 5.74) is 2.19. The van der Waals surface area contributed by atoms with Crippen molar-refractivity contribution in [3.63, 3.8) is 0 Å². The van der Waals surface area contributed by atoms with Gasteiger partial charge >= 0.3 is 0 Å². The zero-order chi connectivity index (χ0) is 17.4. The number of nitrogens with zero attached hydrogens (tertiary/aromatic N) is 1. The lowest BCUT2D eigenvalue weighted by Crippen LogP contribution is -2.32. The Kier molecular flexibility index (Phi) is 4.25. The molecular weight excluding hydrogens is 338 g/mol. The molecule has 1 aromatic carbocycles. The van der Waals surface area contributed by atoms with Crippen LogP contribution >= 0.6 is 11.6 Å². The number of nitrogens with one attached hydrogen (secondary N) is 2. The Labute approximate surface area is 151 Å². The molecule has 2 aromatic rings. The maximum absolute atomic E-state index is 12.7. The largest absolute Gasteiger partial charge is 0.356 e. The summed E-state index contributed by atoms with van der Waals surface area (Å²) in [6.45, 7) is 0.532. The van der Waals surface area contributed by atoms with Crippen LogP contribution in [0.15, 0.2) is 36.5 Å². The number of aromatic nitrogens is 1. The molecule has 0 spiro atoms. The van der Waals surface area contributed by atoms with Crippen LogP contribution in [0.25, 0.3) is 0 Å². The van der Waals surface area contributed by atoms with Crippen LogP contribution in [0.2, 0.25) is 5.02 Å². The second-order valence-corrected chi connectivity index (χ2v) is 7.28. The summed E-state index contributed by atoms with van der Waals surface area (Å²) in [4.78, 5) is 29.6. The molecule has 2 amide bonds. The molecule has 1 aromatic heterocycles. The van der Waals surface area contributed by atoms with E-state index in [0.717, 1.165) is 31.2 Å². The van der Waals surface area contributed by atoms with Crippen LogP contribution < -0.4 is 5.32 Å². The Hall–Kier alpha value is -2.27. The molecule has 6 heteroatoms. The van der Waals surface area contributed by atoms with Gasteiger partial charge in [0.15, 0.2) is 0 Å². The van der Waals surface area contributed by atoms with Crippen molar-refractivity contribution in [2.24, 2.45) is 0 Å². The third kappa shape index (κ3) is 3.87. The molecule has 2 fully saturated rings. The van der Waals surface area contributed by atoms with Crippen LogP contribution in [0.1, 0.15) is 52.1 Å². The number of hydrogen-bond acceptors (Lipinski definition) is 2. The number of carbonyl (C=O) groups is 2. The summed E-state index contributed by atoms with van der Waals surface area (Å²) >= 11 is 5.91. The molecule has 1 heterocycles. The van der Waals surface area contributed by atoms with Gasteiger partial charge in [-0.3, -0.25) is 9.59 Å². The molecule has 0 atom stereocenters. The van der Waals surface area contributed by atoms with E-state index in [1.165, 1.54) is 0 Å². The number of amides is 2. The normalized spacial score (nSPS) is 16.5. The molecule has 5 nitrogen and oxygen atoms in total. The van der Waals surface area contributed by atoms with E-state index in [1.807, 2.05) is 29.2 Å². The summed E-state index contributed by atoms with van der Waals surface area (Å²) in [7, 11) is 0. The number of rotatable bonds is 6. The first kappa shape index (κ1) is 16.2. The third-order valence-electron chi connectivity index (χ3n) is 4.61. The van der Waals surface area contributed by atoms with Gasteiger partial charge in [-0.1, -0.05) is 23.7 Å². The van der Waals surface area contributed by atoms with E-state index in [1.54, 1.807) is 12.3 Å². The zero-order valence-electron chi connectivity index (χ0n) is 13.8. The van der Waals surface area contributed by atoms with E-state index in [0.29, 0.717) is 28.9 Å². The minimum absolute atomic E-state index is 0.0230. The lowest BCUT2D eigenvalue weighted by molar-refractivity contribution is 0.0724. The molecule has 2 N–H and O–H groups in total. The Bertz CT molecular complexity index is 791. The summed E-state index contributed by atoms with van der Waals surface area (Å²) in [5.74, 6) is -0.0600. The van der Waals surface area contributed by atoms with Crippen molar-refractivity contribution in [2.45, 2.75) is 44.3 Å². The van der Waals surface area contributed by atoms with Gasteiger partial charge in [0.05, 0.1) is 5.02 Å². The molecule has 2 aliphatic rings. The van der Waals surface area contributed by atoms with Crippen LogP contribution in [0.3, 0.4) is 0 Å². The van der Waals surface area contributed by atoms with Crippen LogP contribution in [-0.4, -0.2) is 33.8 Å². The van der Waals surface area contributed by atoms with Crippen molar-refractivity contribution in [2.75, 3.05) is 0 Å². The Morgan fingerprint density at radius 2 is 1.88 bits per heavy atom. The van der Waals surface area contributed by atoms with Gasteiger partial charge < -0.3 is 15.2 Å². The first-order chi connectivity index (χ1) is 12.1. The molecule has 25 heavy (non-hydrogen) atoms. The zero-order valence-corrected chi connectivity index (χ0v) is 14.6. The van der Waals surface area contributed by atoms with E-state index in [4.69, 9.17) is 11.6 Å². The molecule has 0 bridgehead atoms. The van der Waals surface area contributed by atoms with E-state index in [9.17, 15) is 9.59 Å². The Morgan fingerprint density at radius 1 is 1.16 bits per heavy atom. The molecule has 2 saturated carbocycles. The van der Waals surface area contributed by atoms with Crippen LogP contribution in [-0.2, 0) is 6.54 Å². The highest BCUT2D eigenvalue weighted by molar-refractivity contribution is 6.30. The molecule has 2 aliphatic carbocycles. The smallest absolute Gasteiger partial charge is 0.270 e. The maximum atomic E-state index is 12.7. The third-order valence-corrected chi connectivity index (χ3v) is 4.83. The second-order valence-electron chi connectivity index (χ2n) is 6.84. The van der Waals surface area contributed by atoms with Gasteiger partial charge in [0.2, 0.25) is 0 Å². The fourth-order valence-electron chi connectivity index (χ4n) is 2.85. The van der Waals surface area contributed by atoms with Gasteiger partial charge in [-0.15, -0.1) is 0 Å². The summed E-state index contributed by atoms with van der Waals surface area (Å²) in [5, 5.41) is 3.51. The fraction of sp³-hybridized carbons (Fsp3) is 0.368. The Balaban J connectivity index is 1.45. The average molecular weight is 358 g/mol. The van der Waals surface area contributed by atoms with E-state index in [2.05, 4.69) is 10.3 Å². The highest BCUT2D eigenvalue weighted by atomic mass is 35.5. The minimum atomic E-state index is -0.0371. The topological polar surface area (TPSA) is 65.2 Å². The molecule has 130 valence electrons. The standard InChI is InChI=1S/C19H20ClN3O2/c20-14-9-17(21-10-14)19(25)23(16-7-8-16)11-12-1-3-13(4-2-12)18(24)22-15-5-6-15/h1-4,9-10,15-16,21H,5-8,11H2,(H,22,24). The Morgan fingerprint density at radius 3 is 2.44 bits per heavy atom. The second kappa shape index (κ2) is 6.56. The first-order valence-corrected chi connectivity index (χ1v) is 9.02. The number of aromatic amines is 1. The number of halogens is 1. The summed E-state index contributed by atoms with van der Waals surface area (Å²) in [6.07, 6.45) is 5.83. The molecular formula is C19H20ClN3O2. The molecule has 0 unspecified atom stereocenters. The van der Waals surface area contributed by atoms with E-state index >= 15 is 0 Å². The van der Waals surface area contributed by atoms with Crippen LogP contribution in [0, 0.1) is 0 Å². The van der Waals surface area contributed by atoms with Gasteiger partial charge in [0, 0.05) is 30.4 Å². The number of carbonyl (C=O) groups excluding carboxylic acids is 2. The lowest BCUT2D eigenvalue weighted by Gasteiger charge is -2.22. The average Bonchev–Trinajstić information content (AvgIpc) is 3.53. The van der Waals surface area contributed by atoms with Crippen LogP contribution in [0.4, 0.5) is 0 Å². The van der Waals surface area contributed by atoms with Gasteiger partial charge in [0.1, 0.15) is 5.69 Å². The van der Waals surface area contributed by atoms with Crippen molar-refractivity contribution in [3.8, 4) is 0 Å². The molecule has 0 aliphatic heterocycles. The highest BCUT2D eigenvalue weighted by Gasteiger charge is 2.33. The van der Waals surface area contributed by atoms with Crippen molar-refractivity contribution < 1.29 is 9.59 Å². The SMILES string of the molecule is O=C(NC1CC1)c1ccc(CN(C(=O)c2cc(Cl)c[nH]2)C2CC2)cc1. The van der Waals surface area contributed by atoms with Crippen LogP contribution in [0.5, 0.6) is 0 Å². The summed E-state index contributed by atoms with van der Waals surface area (Å²) < 4.78 is 0. The number of benzene rings is 1. The molecule has 0 radical (unpaired) electrons. The molecule has 0 saturated heterocycles. The lowest BCUT2D eigenvalue weighted by atomic mass is 10.1. The monoisotopic (exact) mass is 357 g/mol. The highest BCUT2D eigenvalue weighted by Crippen LogP contribution is 2.30. The fourth-order valence-corrected chi connectivity index (χ4v) is 3.02. The minimum Gasteiger partial charge on any atom is -0.356 e. The maximum Gasteiger partial charge on any atom is 0.270 e. The van der Waals surface area contributed by atoms with Gasteiger partial charge in [-0.05, 0) is 49.4 Å².